The Morgan fingerprint density at radius 3 is 2.69 bits per heavy atom. The minimum atomic E-state index is -0.995. The molecule has 0 fully saturated rings. The number of nitrogens with two attached hydrogens (primary N) is 1. The van der Waals surface area contributed by atoms with Crippen LogP contribution >= 0.6 is 0 Å². The summed E-state index contributed by atoms with van der Waals surface area (Å²) in [5.74, 6) is -0.758. The maximum atomic E-state index is 11.9. The Labute approximate surface area is 147 Å². The van der Waals surface area contributed by atoms with E-state index in [1.807, 2.05) is 24.3 Å². The number of nitrogens with zero attached hydrogens (tertiary/aromatic N) is 2. The van der Waals surface area contributed by atoms with Crippen LogP contribution in [0.4, 0.5) is 5.95 Å². The van der Waals surface area contributed by atoms with Crippen molar-refractivity contribution in [2.75, 3.05) is 5.73 Å². The van der Waals surface area contributed by atoms with Gasteiger partial charge in [-0.2, -0.15) is 0 Å². The zero-order chi connectivity index (χ0) is 18.7. The molecule has 0 radical (unpaired) electrons. The van der Waals surface area contributed by atoms with E-state index in [4.69, 9.17) is 5.73 Å². The number of nitrogens with one attached hydrogen (secondary N) is 2. The quantitative estimate of drug-likeness (QED) is 0.496. The molecule has 3 heterocycles. The largest absolute Gasteiger partial charge is 0.550 e. The monoisotopic (exact) mass is 350 g/mol. The highest BCUT2D eigenvalue weighted by molar-refractivity contribution is 6.05. The number of carbonyl (C=O) groups is 1. The Bertz CT molecular complexity index is 1150. The Morgan fingerprint density at radius 1 is 1.23 bits per heavy atom. The maximum Gasteiger partial charge on any atom is 0.272 e. The van der Waals surface area contributed by atoms with E-state index in [-0.39, 0.29) is 17.9 Å². The number of rotatable bonds is 2. The van der Waals surface area contributed by atoms with E-state index < -0.39 is 5.97 Å². The van der Waals surface area contributed by atoms with Crippen molar-refractivity contribution in [1.82, 2.24) is 19.9 Å². The third-order valence-corrected chi connectivity index (χ3v) is 3.79. The lowest BCUT2D eigenvalue weighted by Crippen LogP contribution is -2.19. The molecule has 0 aliphatic heterocycles. The number of hydrogen-bond acceptors (Lipinski definition) is 6. The number of benzene rings is 1. The number of aromatic nitrogens is 4. The molecule has 0 aliphatic rings. The van der Waals surface area contributed by atoms with Crippen LogP contribution < -0.4 is 16.4 Å². The van der Waals surface area contributed by atoms with E-state index in [1.54, 1.807) is 18.5 Å². The molecule has 0 spiro atoms. The molecule has 0 bridgehead atoms. The highest BCUT2D eigenvalue weighted by Crippen LogP contribution is 2.26. The Morgan fingerprint density at radius 2 is 2.00 bits per heavy atom. The van der Waals surface area contributed by atoms with Crippen molar-refractivity contribution in [1.29, 1.82) is 0 Å². The fourth-order valence-corrected chi connectivity index (χ4v) is 2.54. The lowest BCUT2D eigenvalue weighted by Gasteiger charge is -2.05. The summed E-state index contributed by atoms with van der Waals surface area (Å²) in [6.07, 6.45) is 3.50. The van der Waals surface area contributed by atoms with Crippen molar-refractivity contribution in [2.24, 2.45) is 0 Å². The van der Waals surface area contributed by atoms with E-state index in [1.165, 1.54) is 6.92 Å². The number of carboxylic acid groups (broad SMARTS) is 1. The lowest BCUT2D eigenvalue weighted by molar-refractivity contribution is -0.305. The van der Waals surface area contributed by atoms with Crippen LogP contribution in [0.1, 0.15) is 13.3 Å². The summed E-state index contributed by atoms with van der Waals surface area (Å²) >= 11 is 0. The summed E-state index contributed by atoms with van der Waals surface area (Å²) < 4.78 is 0. The van der Waals surface area contributed by atoms with Gasteiger partial charge in [0.2, 0.25) is 5.95 Å². The summed E-state index contributed by atoms with van der Waals surface area (Å²) in [7, 11) is 0. The molecule has 4 N–H and O–H groups in total. The van der Waals surface area contributed by atoms with Crippen LogP contribution in [0.2, 0.25) is 0 Å². The number of carboxylic acids is 1. The molecule has 0 amide bonds. The fraction of sp³-hybridized carbons (Fsp3) is 0.111. The summed E-state index contributed by atoms with van der Waals surface area (Å²) in [4.78, 5) is 35.1. The molecule has 26 heavy (non-hydrogen) atoms. The topological polar surface area (TPSA) is 141 Å². The van der Waals surface area contributed by atoms with Crippen molar-refractivity contribution in [3.05, 3.63) is 53.1 Å². The summed E-state index contributed by atoms with van der Waals surface area (Å²) in [6.45, 7) is 1.54. The van der Waals surface area contributed by atoms with Crippen LogP contribution in [0, 0.1) is 0 Å². The number of nitrogen functional groups attached to an aromatic ring is 1. The summed E-state index contributed by atoms with van der Waals surface area (Å²) in [5.41, 5.74) is 8.54. The van der Waals surface area contributed by atoms with Crippen LogP contribution in [-0.2, 0) is 4.79 Å². The van der Waals surface area contributed by atoms with Gasteiger partial charge in [-0.25, -0.2) is 9.97 Å². The van der Waals surface area contributed by atoms with Crippen LogP contribution in [0.25, 0.3) is 33.1 Å². The number of aromatic amines is 2. The molecule has 0 saturated heterocycles. The van der Waals surface area contributed by atoms with Crippen molar-refractivity contribution in [3.8, 4) is 11.3 Å². The average Bonchev–Trinajstić information content (AvgIpc) is 3.13. The number of fused-ring (bicyclic) bond motifs is 3. The van der Waals surface area contributed by atoms with Gasteiger partial charge in [-0.15, -0.1) is 0 Å². The molecular formula is C18H16N5O3-. The number of carbonyl (C=O) groups excluding carboxylic acids is 1. The van der Waals surface area contributed by atoms with Crippen LogP contribution in [-0.4, -0.2) is 25.9 Å². The normalized spacial score (nSPS) is 10.5. The molecule has 132 valence electrons. The van der Waals surface area contributed by atoms with E-state index >= 15 is 0 Å². The second kappa shape index (κ2) is 7.06. The number of hydrogen-bond donors (Lipinski definition) is 3. The fourth-order valence-electron chi connectivity index (χ4n) is 2.54. The van der Waals surface area contributed by atoms with Gasteiger partial charge >= 0.3 is 0 Å². The van der Waals surface area contributed by atoms with Crippen molar-refractivity contribution in [2.45, 2.75) is 13.3 Å². The minimum absolute atomic E-state index is 0.111. The van der Waals surface area contributed by atoms with Crippen LogP contribution in [0.5, 0.6) is 0 Å². The van der Waals surface area contributed by atoms with Gasteiger partial charge in [0.25, 0.3) is 5.56 Å². The number of anilines is 1. The molecule has 1 aromatic carbocycles. The molecular weight excluding hydrogens is 334 g/mol. The van der Waals surface area contributed by atoms with Crippen molar-refractivity contribution in [3.63, 3.8) is 0 Å². The Balaban J connectivity index is 0.000000349. The number of H-pyrrole nitrogens is 2. The standard InChI is InChI=1S/C15H11N5O.C3H6O2/c16-15-18-6-4-11(20-15)8-1-2-12-10(7-8)9-3-5-17-13(9)14(21)19-12;1-2-3(4)5/h1-7,17H,(H,19,21)(H2,16,18,20);2H2,1H3,(H,4,5)/p-1. The zero-order valence-corrected chi connectivity index (χ0v) is 13.9. The van der Waals surface area contributed by atoms with Gasteiger partial charge in [-0.05, 0) is 30.7 Å². The van der Waals surface area contributed by atoms with E-state index in [2.05, 4.69) is 19.9 Å². The highest BCUT2D eigenvalue weighted by Gasteiger charge is 2.08. The van der Waals surface area contributed by atoms with Gasteiger partial charge in [0, 0.05) is 40.2 Å². The van der Waals surface area contributed by atoms with E-state index in [0.717, 1.165) is 27.5 Å². The highest BCUT2D eigenvalue weighted by atomic mass is 16.4. The average molecular weight is 350 g/mol. The third kappa shape index (κ3) is 3.39. The van der Waals surface area contributed by atoms with Crippen LogP contribution in [0.3, 0.4) is 0 Å². The maximum absolute atomic E-state index is 11.9. The molecule has 0 unspecified atom stereocenters. The first-order valence-electron chi connectivity index (χ1n) is 7.91. The molecule has 0 atom stereocenters. The lowest BCUT2D eigenvalue weighted by atomic mass is 10.1. The van der Waals surface area contributed by atoms with E-state index in [0.29, 0.717) is 5.52 Å². The minimum Gasteiger partial charge on any atom is -0.550 e. The molecule has 3 aromatic heterocycles. The first kappa shape index (κ1) is 17.2. The van der Waals surface area contributed by atoms with Crippen molar-refractivity contribution < 1.29 is 9.90 Å². The second-order valence-corrected chi connectivity index (χ2v) is 5.51. The smallest absolute Gasteiger partial charge is 0.272 e. The Kier molecular flexibility index (Phi) is 4.66. The number of aliphatic carboxylic acids is 1. The van der Waals surface area contributed by atoms with Gasteiger partial charge < -0.3 is 25.6 Å². The van der Waals surface area contributed by atoms with Crippen molar-refractivity contribution >= 4 is 33.7 Å². The first-order valence-corrected chi connectivity index (χ1v) is 7.91. The molecule has 4 aromatic rings. The van der Waals surface area contributed by atoms with Gasteiger partial charge in [-0.1, -0.05) is 13.0 Å². The predicted octanol–water partition coefficient (Wildman–Crippen LogP) is 1.19. The van der Waals surface area contributed by atoms with E-state index in [9.17, 15) is 14.7 Å². The van der Waals surface area contributed by atoms with Crippen LogP contribution in [0.15, 0.2) is 47.5 Å². The number of pyridine rings is 1. The Hall–Kier alpha value is -3.68. The summed E-state index contributed by atoms with van der Waals surface area (Å²) in [6, 6.07) is 9.46. The molecule has 4 rings (SSSR count). The second-order valence-electron chi connectivity index (χ2n) is 5.51. The molecule has 0 saturated carbocycles. The van der Waals surface area contributed by atoms with Gasteiger partial charge in [-0.3, -0.25) is 4.79 Å². The third-order valence-electron chi connectivity index (χ3n) is 3.79. The predicted molar refractivity (Wildman–Crippen MR) is 97.2 cm³/mol. The molecule has 8 nitrogen and oxygen atoms in total. The first-order chi connectivity index (χ1) is 12.5. The SMILES string of the molecule is CCC(=O)[O-].Nc1nccc(-c2ccc3[nH]c(=O)c4[nH]ccc4c3c2)n1. The van der Waals surface area contributed by atoms with Gasteiger partial charge in [0.05, 0.1) is 5.69 Å². The van der Waals surface area contributed by atoms with Gasteiger partial charge in [0.1, 0.15) is 5.52 Å². The zero-order valence-electron chi connectivity index (χ0n) is 13.9. The van der Waals surface area contributed by atoms with Gasteiger partial charge in [0.15, 0.2) is 0 Å². The summed E-state index contributed by atoms with van der Waals surface area (Å²) in [5, 5.41) is 11.1. The molecule has 8 heteroatoms. The molecule has 0 aliphatic carbocycles.